The molecule has 0 heterocycles. The number of hydrogen-bond donors (Lipinski definition) is 1. The van der Waals surface area contributed by atoms with E-state index in [1.54, 1.807) is 0 Å². The molecule has 0 bridgehead atoms. The zero-order valence-electron chi connectivity index (χ0n) is 15.4. The Hall–Kier alpha value is -2.29. The Kier molecular flexibility index (Phi) is 5.12. The van der Waals surface area contributed by atoms with Crippen molar-refractivity contribution in [3.8, 4) is 5.75 Å². The van der Waals surface area contributed by atoms with Gasteiger partial charge in [-0.05, 0) is 62.9 Å². The fourth-order valence-electron chi connectivity index (χ4n) is 3.86. The Labute approximate surface area is 150 Å². The summed E-state index contributed by atoms with van der Waals surface area (Å²) in [6.07, 6.45) is 4.03. The number of hydrogen-bond acceptors (Lipinski definition) is 2. The van der Waals surface area contributed by atoms with Crippen LogP contribution in [0.5, 0.6) is 5.75 Å². The summed E-state index contributed by atoms with van der Waals surface area (Å²) in [6.45, 7) is 6.70. The normalized spacial score (nSPS) is 15.8. The number of carbonyl (C=O) groups is 1. The van der Waals surface area contributed by atoms with E-state index in [1.165, 1.54) is 5.56 Å². The molecule has 1 amide bonds. The molecule has 2 aromatic rings. The van der Waals surface area contributed by atoms with Crippen molar-refractivity contribution < 1.29 is 9.53 Å². The van der Waals surface area contributed by atoms with Gasteiger partial charge in [-0.2, -0.15) is 0 Å². The summed E-state index contributed by atoms with van der Waals surface area (Å²) in [5.41, 5.74) is 3.82. The van der Waals surface area contributed by atoms with E-state index < -0.39 is 5.41 Å². The first kappa shape index (κ1) is 17.5. The van der Waals surface area contributed by atoms with Crippen molar-refractivity contribution in [2.75, 3.05) is 11.9 Å². The zero-order chi connectivity index (χ0) is 17.9. The molecule has 25 heavy (non-hydrogen) atoms. The van der Waals surface area contributed by atoms with Crippen LogP contribution >= 0.6 is 0 Å². The molecular formula is C22H27NO2. The maximum Gasteiger partial charge on any atom is 0.235 e. The number of nitrogens with one attached hydrogen (secondary N) is 1. The molecule has 1 fully saturated rings. The summed E-state index contributed by atoms with van der Waals surface area (Å²) in [6, 6.07) is 14.2. The largest absolute Gasteiger partial charge is 0.494 e. The van der Waals surface area contributed by atoms with Crippen LogP contribution in [0.15, 0.2) is 42.5 Å². The molecule has 1 N–H and O–H groups in total. The van der Waals surface area contributed by atoms with Gasteiger partial charge in [0.1, 0.15) is 5.75 Å². The fraction of sp³-hybridized carbons (Fsp3) is 0.409. The van der Waals surface area contributed by atoms with Gasteiger partial charge in [-0.15, -0.1) is 0 Å². The van der Waals surface area contributed by atoms with E-state index in [0.29, 0.717) is 6.61 Å². The summed E-state index contributed by atoms with van der Waals surface area (Å²) in [4.78, 5) is 13.2. The van der Waals surface area contributed by atoms with Crippen molar-refractivity contribution in [3.05, 3.63) is 59.2 Å². The van der Waals surface area contributed by atoms with E-state index in [2.05, 4.69) is 36.5 Å². The van der Waals surface area contributed by atoms with E-state index >= 15 is 0 Å². The smallest absolute Gasteiger partial charge is 0.235 e. The Bertz CT molecular complexity index is 760. The maximum atomic E-state index is 13.2. The van der Waals surface area contributed by atoms with Gasteiger partial charge in [-0.25, -0.2) is 0 Å². The van der Waals surface area contributed by atoms with E-state index in [0.717, 1.165) is 48.2 Å². The predicted octanol–water partition coefficient (Wildman–Crippen LogP) is 5.15. The molecule has 1 aliphatic carbocycles. The second kappa shape index (κ2) is 7.30. The average Bonchev–Trinajstić information content (AvgIpc) is 3.08. The van der Waals surface area contributed by atoms with Crippen molar-refractivity contribution >= 4 is 11.6 Å². The minimum absolute atomic E-state index is 0.110. The lowest BCUT2D eigenvalue weighted by molar-refractivity contribution is -0.121. The molecule has 3 nitrogen and oxygen atoms in total. The number of carbonyl (C=O) groups excluding carboxylic acids is 1. The topological polar surface area (TPSA) is 38.3 Å². The number of anilines is 1. The van der Waals surface area contributed by atoms with Crippen LogP contribution < -0.4 is 10.1 Å². The van der Waals surface area contributed by atoms with Crippen LogP contribution in [-0.4, -0.2) is 12.5 Å². The van der Waals surface area contributed by atoms with Gasteiger partial charge in [0.2, 0.25) is 5.91 Å². The minimum Gasteiger partial charge on any atom is -0.494 e. The number of aryl methyl sites for hydroxylation is 2. The molecule has 0 radical (unpaired) electrons. The molecule has 0 saturated heterocycles. The summed E-state index contributed by atoms with van der Waals surface area (Å²) in [5, 5.41) is 3.16. The molecule has 0 spiro atoms. The molecule has 0 aliphatic heterocycles. The average molecular weight is 337 g/mol. The third-order valence-corrected chi connectivity index (χ3v) is 5.20. The fourth-order valence-corrected chi connectivity index (χ4v) is 3.86. The summed E-state index contributed by atoms with van der Waals surface area (Å²) in [7, 11) is 0. The first-order valence-corrected chi connectivity index (χ1v) is 9.17. The standard InChI is InChI=1S/C22H27NO2/c1-4-25-20-11-10-19(15-17(20)3)23-21(24)22(12-5-6-13-22)18-9-7-8-16(2)14-18/h7-11,14-15H,4-6,12-13H2,1-3H3,(H,23,24). The quantitative estimate of drug-likeness (QED) is 0.819. The van der Waals surface area contributed by atoms with Crippen molar-refractivity contribution in [1.29, 1.82) is 0 Å². The molecule has 1 saturated carbocycles. The highest BCUT2D eigenvalue weighted by atomic mass is 16.5. The minimum atomic E-state index is -0.404. The van der Waals surface area contributed by atoms with Crippen LogP contribution in [0.25, 0.3) is 0 Å². The Morgan fingerprint density at radius 3 is 2.52 bits per heavy atom. The summed E-state index contributed by atoms with van der Waals surface area (Å²) < 4.78 is 5.59. The van der Waals surface area contributed by atoms with E-state index in [9.17, 15) is 4.79 Å². The highest BCUT2D eigenvalue weighted by Gasteiger charge is 2.42. The number of benzene rings is 2. The van der Waals surface area contributed by atoms with Crippen LogP contribution in [0.4, 0.5) is 5.69 Å². The van der Waals surface area contributed by atoms with Crippen LogP contribution in [0.2, 0.25) is 0 Å². The van der Waals surface area contributed by atoms with Crippen molar-refractivity contribution in [2.45, 2.75) is 51.9 Å². The maximum absolute atomic E-state index is 13.2. The first-order chi connectivity index (χ1) is 12.0. The van der Waals surface area contributed by atoms with Gasteiger partial charge in [0.25, 0.3) is 0 Å². The van der Waals surface area contributed by atoms with E-state index in [1.807, 2.05) is 32.0 Å². The monoisotopic (exact) mass is 337 g/mol. The van der Waals surface area contributed by atoms with Gasteiger partial charge >= 0.3 is 0 Å². The lowest BCUT2D eigenvalue weighted by Crippen LogP contribution is -2.38. The van der Waals surface area contributed by atoms with Gasteiger partial charge in [0.05, 0.1) is 12.0 Å². The third-order valence-electron chi connectivity index (χ3n) is 5.20. The van der Waals surface area contributed by atoms with Crippen molar-refractivity contribution in [1.82, 2.24) is 0 Å². The number of amides is 1. The Morgan fingerprint density at radius 2 is 1.88 bits per heavy atom. The second-order valence-electron chi connectivity index (χ2n) is 7.03. The van der Waals surface area contributed by atoms with Gasteiger partial charge in [0, 0.05) is 5.69 Å². The number of ether oxygens (including phenoxy) is 1. The van der Waals surface area contributed by atoms with Crippen molar-refractivity contribution in [3.63, 3.8) is 0 Å². The molecule has 2 aromatic carbocycles. The number of rotatable bonds is 5. The molecular weight excluding hydrogens is 310 g/mol. The van der Waals surface area contributed by atoms with Crippen LogP contribution in [-0.2, 0) is 10.2 Å². The van der Waals surface area contributed by atoms with Gasteiger partial charge in [-0.1, -0.05) is 42.7 Å². The predicted molar refractivity (Wildman–Crippen MR) is 102 cm³/mol. The van der Waals surface area contributed by atoms with Crippen LogP contribution in [0, 0.1) is 13.8 Å². The van der Waals surface area contributed by atoms with E-state index in [-0.39, 0.29) is 5.91 Å². The molecule has 3 heteroatoms. The van der Waals surface area contributed by atoms with Gasteiger partial charge in [0.15, 0.2) is 0 Å². The highest BCUT2D eigenvalue weighted by Crippen LogP contribution is 2.42. The summed E-state index contributed by atoms with van der Waals surface area (Å²) >= 11 is 0. The van der Waals surface area contributed by atoms with Gasteiger partial charge in [-0.3, -0.25) is 4.79 Å². The lowest BCUT2D eigenvalue weighted by atomic mass is 9.77. The van der Waals surface area contributed by atoms with E-state index in [4.69, 9.17) is 4.74 Å². The molecule has 3 rings (SSSR count). The Morgan fingerprint density at radius 1 is 1.12 bits per heavy atom. The Balaban J connectivity index is 1.86. The lowest BCUT2D eigenvalue weighted by Gasteiger charge is -2.29. The first-order valence-electron chi connectivity index (χ1n) is 9.17. The third kappa shape index (κ3) is 3.55. The van der Waals surface area contributed by atoms with Gasteiger partial charge < -0.3 is 10.1 Å². The van der Waals surface area contributed by atoms with Crippen LogP contribution in [0.1, 0.15) is 49.3 Å². The molecule has 0 aromatic heterocycles. The molecule has 1 aliphatic rings. The summed E-state index contributed by atoms with van der Waals surface area (Å²) in [5.74, 6) is 0.980. The van der Waals surface area contributed by atoms with Crippen LogP contribution in [0.3, 0.4) is 0 Å². The SMILES string of the molecule is CCOc1ccc(NC(=O)C2(c3cccc(C)c3)CCCC2)cc1C. The second-order valence-corrected chi connectivity index (χ2v) is 7.03. The van der Waals surface area contributed by atoms with Crippen molar-refractivity contribution in [2.24, 2.45) is 0 Å². The zero-order valence-corrected chi connectivity index (χ0v) is 15.4. The highest BCUT2D eigenvalue weighted by molar-refractivity contribution is 5.99. The molecule has 0 unspecified atom stereocenters. The molecule has 0 atom stereocenters. The molecule has 132 valence electrons.